The van der Waals surface area contributed by atoms with E-state index in [1.165, 1.54) is 51.6 Å². The predicted octanol–water partition coefficient (Wildman–Crippen LogP) is 2.06. The van der Waals surface area contributed by atoms with E-state index in [0.717, 1.165) is 45.9 Å². The minimum Gasteiger partial charge on any atom is -0.379 e. The maximum atomic E-state index is 6.60. The topological polar surface area (TPSA) is 34.2 Å². The first-order chi connectivity index (χ1) is 11.4. The Kier molecular flexibility index (Phi) is 5.21. The predicted molar refractivity (Wildman–Crippen MR) is 88.2 cm³/mol. The molecule has 0 aromatic carbocycles. The average molecular weight is 324 g/mol. The van der Waals surface area contributed by atoms with Crippen LogP contribution in [0, 0.1) is 5.92 Å². The molecule has 4 heterocycles. The lowest BCUT2D eigenvalue weighted by Crippen LogP contribution is -2.68. The lowest BCUT2D eigenvalue weighted by atomic mass is 9.87. The number of piperidine rings is 1. The van der Waals surface area contributed by atoms with E-state index in [2.05, 4.69) is 9.80 Å². The number of morpholine rings is 1. The van der Waals surface area contributed by atoms with Crippen LogP contribution in [-0.4, -0.2) is 74.4 Å². The van der Waals surface area contributed by atoms with Crippen molar-refractivity contribution in [1.82, 2.24) is 9.80 Å². The van der Waals surface area contributed by atoms with Crippen molar-refractivity contribution in [3.8, 4) is 0 Å². The van der Waals surface area contributed by atoms with E-state index in [9.17, 15) is 0 Å². The zero-order valence-electron chi connectivity index (χ0n) is 14.4. The molecule has 3 atom stereocenters. The number of hydrogen-bond acceptors (Lipinski definition) is 5. The van der Waals surface area contributed by atoms with Gasteiger partial charge in [0, 0.05) is 38.7 Å². The Morgan fingerprint density at radius 1 is 0.696 bits per heavy atom. The quantitative estimate of drug-likeness (QED) is 0.794. The molecule has 0 N–H and O–H groups in total. The molecule has 5 nitrogen and oxygen atoms in total. The Labute approximate surface area is 140 Å². The third-order valence-electron chi connectivity index (χ3n) is 6.16. The van der Waals surface area contributed by atoms with Gasteiger partial charge >= 0.3 is 0 Å². The highest BCUT2D eigenvalue weighted by Gasteiger charge is 2.56. The molecule has 0 saturated carbocycles. The van der Waals surface area contributed by atoms with Crippen LogP contribution < -0.4 is 0 Å². The van der Waals surface area contributed by atoms with Gasteiger partial charge in [-0.2, -0.15) is 0 Å². The minimum absolute atomic E-state index is 0.230. The lowest BCUT2D eigenvalue weighted by molar-refractivity contribution is -0.275. The van der Waals surface area contributed by atoms with E-state index < -0.39 is 0 Å². The summed E-state index contributed by atoms with van der Waals surface area (Å²) in [6, 6.07) is 0. The Morgan fingerprint density at radius 3 is 2.22 bits per heavy atom. The first kappa shape index (κ1) is 16.3. The third-order valence-corrected chi connectivity index (χ3v) is 6.16. The summed E-state index contributed by atoms with van der Waals surface area (Å²) < 4.78 is 18.5. The summed E-state index contributed by atoms with van der Waals surface area (Å²) in [7, 11) is 0. The van der Waals surface area contributed by atoms with Crippen molar-refractivity contribution in [3.63, 3.8) is 0 Å². The third kappa shape index (κ3) is 3.07. The molecule has 3 unspecified atom stereocenters. The van der Waals surface area contributed by atoms with Crippen molar-refractivity contribution in [2.24, 2.45) is 5.92 Å². The Morgan fingerprint density at radius 2 is 1.48 bits per heavy atom. The molecule has 0 aliphatic carbocycles. The van der Waals surface area contributed by atoms with E-state index in [-0.39, 0.29) is 5.85 Å². The van der Waals surface area contributed by atoms with Crippen LogP contribution in [0.4, 0.5) is 0 Å². The summed E-state index contributed by atoms with van der Waals surface area (Å²) >= 11 is 0. The van der Waals surface area contributed by atoms with Gasteiger partial charge in [0.2, 0.25) is 0 Å². The molecule has 4 rings (SSSR count). The largest absolute Gasteiger partial charge is 0.379 e. The van der Waals surface area contributed by atoms with Gasteiger partial charge in [0.1, 0.15) is 0 Å². The smallest absolute Gasteiger partial charge is 0.185 e. The zero-order chi connectivity index (χ0) is 15.5. The van der Waals surface area contributed by atoms with Crippen LogP contribution in [0.15, 0.2) is 0 Å². The van der Waals surface area contributed by atoms with Gasteiger partial charge in [-0.15, -0.1) is 0 Å². The molecular formula is C18H32N2O3. The molecule has 23 heavy (non-hydrogen) atoms. The second-order valence-electron chi connectivity index (χ2n) is 7.45. The van der Waals surface area contributed by atoms with Crippen LogP contribution in [0.3, 0.4) is 0 Å². The van der Waals surface area contributed by atoms with E-state index >= 15 is 0 Å². The molecule has 0 amide bonds. The number of nitrogens with zero attached hydrogens (tertiary/aromatic N) is 2. The van der Waals surface area contributed by atoms with Crippen molar-refractivity contribution < 1.29 is 14.2 Å². The summed E-state index contributed by atoms with van der Waals surface area (Å²) in [4.78, 5) is 5.23. The van der Waals surface area contributed by atoms with Gasteiger partial charge in [-0.1, -0.05) is 6.42 Å². The van der Waals surface area contributed by atoms with Crippen LogP contribution in [0.25, 0.3) is 0 Å². The lowest BCUT2D eigenvalue weighted by Gasteiger charge is -2.54. The van der Waals surface area contributed by atoms with Gasteiger partial charge in [0.15, 0.2) is 5.85 Å². The average Bonchev–Trinajstić information content (AvgIpc) is 3.10. The van der Waals surface area contributed by atoms with Gasteiger partial charge < -0.3 is 14.2 Å². The number of hydrogen-bond donors (Lipinski definition) is 0. The fourth-order valence-electron chi connectivity index (χ4n) is 5.09. The number of ether oxygens (including phenoxy) is 3. The second-order valence-corrected chi connectivity index (χ2v) is 7.45. The maximum Gasteiger partial charge on any atom is 0.185 e. The summed E-state index contributed by atoms with van der Waals surface area (Å²) in [6.07, 6.45) is 9.20. The van der Waals surface area contributed by atoms with Crippen LogP contribution in [-0.2, 0) is 14.2 Å². The van der Waals surface area contributed by atoms with Gasteiger partial charge in [-0.25, -0.2) is 0 Å². The summed E-state index contributed by atoms with van der Waals surface area (Å²) in [5.74, 6) is 0.255. The van der Waals surface area contributed by atoms with E-state index in [1.54, 1.807) is 0 Å². The van der Waals surface area contributed by atoms with Crippen molar-refractivity contribution in [1.29, 1.82) is 0 Å². The van der Waals surface area contributed by atoms with Gasteiger partial charge in [-0.05, 0) is 38.5 Å². The Hall–Kier alpha value is -0.200. The molecule has 4 aliphatic heterocycles. The highest BCUT2D eigenvalue weighted by Crippen LogP contribution is 2.44. The van der Waals surface area contributed by atoms with Crippen LogP contribution in [0.1, 0.15) is 44.9 Å². The molecule has 132 valence electrons. The molecule has 0 aromatic rings. The zero-order valence-corrected chi connectivity index (χ0v) is 14.4. The molecular weight excluding hydrogens is 292 g/mol. The SMILES string of the molecule is C1CCN(C2(N3CCOCC3)OCCC2C2CCCCO2)CC1. The highest BCUT2D eigenvalue weighted by atomic mass is 16.6. The molecule has 0 spiro atoms. The first-order valence-electron chi connectivity index (χ1n) is 9.75. The molecule has 4 saturated heterocycles. The summed E-state index contributed by atoms with van der Waals surface area (Å²) in [5, 5.41) is 0. The molecule has 5 heteroatoms. The molecule has 4 aliphatic rings. The van der Waals surface area contributed by atoms with Crippen molar-refractivity contribution in [2.45, 2.75) is 56.9 Å². The van der Waals surface area contributed by atoms with E-state index in [1.807, 2.05) is 0 Å². The van der Waals surface area contributed by atoms with Crippen LogP contribution >= 0.6 is 0 Å². The van der Waals surface area contributed by atoms with Crippen molar-refractivity contribution in [3.05, 3.63) is 0 Å². The number of likely N-dealkylation sites (tertiary alicyclic amines) is 1. The van der Waals surface area contributed by atoms with Crippen LogP contribution in [0.2, 0.25) is 0 Å². The number of rotatable bonds is 3. The van der Waals surface area contributed by atoms with Crippen molar-refractivity contribution >= 4 is 0 Å². The molecule has 0 bridgehead atoms. The van der Waals surface area contributed by atoms with Gasteiger partial charge in [-0.3, -0.25) is 9.80 Å². The molecule has 0 aromatic heterocycles. The maximum absolute atomic E-state index is 6.60. The van der Waals surface area contributed by atoms with Gasteiger partial charge in [0.25, 0.3) is 0 Å². The first-order valence-corrected chi connectivity index (χ1v) is 9.75. The summed E-state index contributed by atoms with van der Waals surface area (Å²) in [5.41, 5.74) is 0. The van der Waals surface area contributed by atoms with Crippen LogP contribution in [0.5, 0.6) is 0 Å². The second kappa shape index (κ2) is 7.36. The fraction of sp³-hybridized carbons (Fsp3) is 1.00. The Bertz CT molecular complexity index is 356. The monoisotopic (exact) mass is 324 g/mol. The minimum atomic E-state index is -0.230. The van der Waals surface area contributed by atoms with Crippen molar-refractivity contribution in [2.75, 3.05) is 52.6 Å². The highest BCUT2D eigenvalue weighted by molar-refractivity contribution is 4.98. The van der Waals surface area contributed by atoms with E-state index in [4.69, 9.17) is 14.2 Å². The standard InChI is InChI=1S/C18H32N2O3/c1-3-8-19(9-4-1)18(20-10-14-21-15-11-20)16(7-13-23-18)17-6-2-5-12-22-17/h16-17H,1-15H2. The van der Waals surface area contributed by atoms with E-state index in [0.29, 0.717) is 12.0 Å². The summed E-state index contributed by atoms with van der Waals surface area (Å²) in [6.45, 7) is 7.77. The fourth-order valence-corrected chi connectivity index (χ4v) is 5.09. The molecule has 0 radical (unpaired) electrons. The van der Waals surface area contributed by atoms with Gasteiger partial charge in [0.05, 0.1) is 25.9 Å². The molecule has 4 fully saturated rings. The normalized spacial score (nSPS) is 41.2. The Balaban J connectivity index is 1.62.